The summed E-state index contributed by atoms with van der Waals surface area (Å²) in [6.45, 7) is 4.66. The highest BCUT2D eigenvalue weighted by Gasteiger charge is 2.19. The molecule has 0 aromatic heterocycles. The molecular weight excluding hydrogens is 344 g/mol. The fourth-order valence-corrected chi connectivity index (χ4v) is 2.34. The molecule has 0 radical (unpaired) electrons. The van der Waals surface area contributed by atoms with Gasteiger partial charge in [0.05, 0.1) is 6.07 Å². The molecule has 1 aromatic rings. The minimum absolute atomic E-state index is 0.0235. The van der Waals surface area contributed by atoms with Crippen LogP contribution in [-0.4, -0.2) is 25.2 Å². The number of benzene rings is 1. The van der Waals surface area contributed by atoms with Crippen molar-refractivity contribution in [3.05, 3.63) is 34.3 Å². The van der Waals surface area contributed by atoms with Crippen molar-refractivity contribution in [1.29, 1.82) is 5.26 Å². The third kappa shape index (κ3) is 7.58. The Morgan fingerprint density at radius 3 is 2.64 bits per heavy atom. The number of nitrogens with zero attached hydrogens (tertiary/aromatic N) is 1. The van der Waals surface area contributed by atoms with Crippen LogP contribution >= 0.6 is 15.9 Å². The van der Waals surface area contributed by atoms with E-state index in [1.807, 2.05) is 18.2 Å². The van der Waals surface area contributed by atoms with Gasteiger partial charge in [-0.1, -0.05) is 41.9 Å². The average Bonchev–Trinajstić information content (AvgIpc) is 2.49. The van der Waals surface area contributed by atoms with Crippen LogP contribution in [0.5, 0.6) is 0 Å². The second-order valence-electron chi connectivity index (χ2n) is 5.59. The number of carbonyl (C=O) groups excluding carboxylic acids is 1. The van der Waals surface area contributed by atoms with Gasteiger partial charge in [-0.15, -0.1) is 0 Å². The maximum Gasteiger partial charge on any atom is 0.249 e. The number of carbonyl (C=O) groups is 1. The molecule has 0 bridgehead atoms. The monoisotopic (exact) mass is 366 g/mol. The molecule has 1 amide bonds. The Morgan fingerprint density at radius 1 is 1.36 bits per heavy atom. The number of halogens is 1. The van der Waals surface area contributed by atoms with Crippen LogP contribution in [0.15, 0.2) is 28.7 Å². The van der Waals surface area contributed by atoms with E-state index in [1.165, 1.54) is 5.56 Å². The zero-order valence-electron chi connectivity index (χ0n) is 13.1. The number of ether oxygens (including phenoxy) is 1. The van der Waals surface area contributed by atoms with Crippen molar-refractivity contribution in [3.63, 3.8) is 0 Å². The van der Waals surface area contributed by atoms with Crippen molar-refractivity contribution >= 4 is 21.8 Å². The molecule has 0 heterocycles. The number of nitriles is 1. The number of rotatable bonds is 9. The Hall–Kier alpha value is -1.38. The number of hydrogen-bond acceptors (Lipinski definition) is 3. The molecule has 0 spiro atoms. The zero-order chi connectivity index (χ0) is 16.4. The Kier molecular flexibility index (Phi) is 8.79. The van der Waals surface area contributed by atoms with Gasteiger partial charge in [0, 0.05) is 11.1 Å². The summed E-state index contributed by atoms with van der Waals surface area (Å²) in [7, 11) is 0. The Bertz CT molecular complexity index is 494. The predicted octanol–water partition coefficient (Wildman–Crippen LogP) is 3.45. The summed E-state index contributed by atoms with van der Waals surface area (Å²) in [4.78, 5) is 11.9. The molecule has 120 valence electrons. The van der Waals surface area contributed by atoms with Crippen LogP contribution in [0.1, 0.15) is 32.3 Å². The number of amides is 1. The molecule has 0 aliphatic heterocycles. The minimum atomic E-state index is -0.474. The molecule has 1 rings (SSSR count). The van der Waals surface area contributed by atoms with E-state index >= 15 is 0 Å². The first-order valence-electron chi connectivity index (χ1n) is 7.53. The molecule has 22 heavy (non-hydrogen) atoms. The molecule has 0 saturated carbocycles. The van der Waals surface area contributed by atoms with Crippen LogP contribution in [0.2, 0.25) is 0 Å². The Morgan fingerprint density at radius 2 is 2.05 bits per heavy atom. The second-order valence-corrected chi connectivity index (χ2v) is 6.51. The van der Waals surface area contributed by atoms with Gasteiger partial charge in [-0.3, -0.25) is 4.79 Å². The molecule has 1 unspecified atom stereocenters. The van der Waals surface area contributed by atoms with E-state index in [9.17, 15) is 4.79 Å². The number of nitrogens with one attached hydrogen (secondary N) is 1. The molecule has 1 atom stereocenters. The summed E-state index contributed by atoms with van der Waals surface area (Å²) in [5, 5.41) is 11.1. The van der Waals surface area contributed by atoms with Crippen molar-refractivity contribution < 1.29 is 9.53 Å². The van der Waals surface area contributed by atoms with Gasteiger partial charge in [-0.2, -0.15) is 5.26 Å². The lowest BCUT2D eigenvalue weighted by atomic mass is 10.1. The molecule has 0 fully saturated rings. The first-order chi connectivity index (χ1) is 10.5. The van der Waals surface area contributed by atoms with Gasteiger partial charge in [0.2, 0.25) is 5.91 Å². The van der Waals surface area contributed by atoms with Gasteiger partial charge in [-0.25, -0.2) is 0 Å². The quantitative estimate of drug-likeness (QED) is 0.537. The molecule has 1 aromatic carbocycles. The molecule has 1 N–H and O–H groups in total. The normalized spacial score (nSPS) is 12.0. The first kappa shape index (κ1) is 18.7. The fraction of sp³-hybridized carbons (Fsp3) is 0.529. The standard InChI is InChI=1S/C17H23BrN2O2/c1-13(2)12-16(17(21)20-10-9-19)22-11-3-4-14-5-7-15(18)8-6-14/h5-8,13,16H,3-4,10-12H2,1-2H3,(H,20,21). The molecule has 5 heteroatoms. The smallest absolute Gasteiger partial charge is 0.249 e. The van der Waals surface area contributed by atoms with E-state index in [0.717, 1.165) is 17.3 Å². The molecular formula is C17H23BrN2O2. The SMILES string of the molecule is CC(C)CC(OCCCc1ccc(Br)cc1)C(=O)NCC#N. The van der Waals surface area contributed by atoms with E-state index in [-0.39, 0.29) is 12.5 Å². The van der Waals surface area contributed by atoms with Crippen molar-refractivity contribution in [3.8, 4) is 6.07 Å². The highest BCUT2D eigenvalue weighted by molar-refractivity contribution is 9.10. The molecule has 4 nitrogen and oxygen atoms in total. The third-order valence-electron chi connectivity index (χ3n) is 3.16. The van der Waals surface area contributed by atoms with Gasteiger partial charge < -0.3 is 10.1 Å². The largest absolute Gasteiger partial charge is 0.368 e. The summed E-state index contributed by atoms with van der Waals surface area (Å²) in [6, 6.07) is 10.1. The van der Waals surface area contributed by atoms with Crippen molar-refractivity contribution in [2.75, 3.05) is 13.2 Å². The fourth-order valence-electron chi connectivity index (χ4n) is 2.07. The Balaban J connectivity index is 2.37. The first-order valence-corrected chi connectivity index (χ1v) is 8.33. The second kappa shape index (κ2) is 10.4. The zero-order valence-corrected chi connectivity index (χ0v) is 14.7. The van der Waals surface area contributed by atoms with E-state index in [4.69, 9.17) is 10.00 Å². The topological polar surface area (TPSA) is 62.1 Å². The maximum atomic E-state index is 11.9. The highest BCUT2D eigenvalue weighted by Crippen LogP contribution is 2.13. The molecule has 0 aliphatic carbocycles. The van der Waals surface area contributed by atoms with Crippen molar-refractivity contribution in [1.82, 2.24) is 5.32 Å². The maximum absolute atomic E-state index is 11.9. The van der Waals surface area contributed by atoms with Crippen molar-refractivity contribution in [2.24, 2.45) is 5.92 Å². The summed E-state index contributed by atoms with van der Waals surface area (Å²) in [6.07, 6.45) is 1.97. The van der Waals surface area contributed by atoms with Gasteiger partial charge in [0.25, 0.3) is 0 Å². The highest BCUT2D eigenvalue weighted by atomic mass is 79.9. The lowest BCUT2D eigenvalue weighted by Crippen LogP contribution is -2.37. The van der Waals surface area contributed by atoms with E-state index in [0.29, 0.717) is 18.9 Å². The van der Waals surface area contributed by atoms with Crippen LogP contribution < -0.4 is 5.32 Å². The lowest BCUT2D eigenvalue weighted by molar-refractivity contribution is -0.133. The predicted molar refractivity (Wildman–Crippen MR) is 90.3 cm³/mol. The Labute approximate surface area is 141 Å². The molecule has 0 aliphatic rings. The summed E-state index contributed by atoms with van der Waals surface area (Å²) >= 11 is 3.41. The summed E-state index contributed by atoms with van der Waals surface area (Å²) < 4.78 is 6.79. The molecule has 0 saturated heterocycles. The van der Waals surface area contributed by atoms with Crippen LogP contribution in [0.25, 0.3) is 0 Å². The van der Waals surface area contributed by atoms with Gasteiger partial charge in [0.15, 0.2) is 0 Å². The van der Waals surface area contributed by atoms with Crippen LogP contribution in [0.3, 0.4) is 0 Å². The summed E-state index contributed by atoms with van der Waals surface area (Å²) in [5.74, 6) is 0.170. The van der Waals surface area contributed by atoms with Crippen LogP contribution in [0, 0.1) is 17.2 Å². The lowest BCUT2D eigenvalue weighted by Gasteiger charge is -2.18. The average molecular weight is 367 g/mol. The van der Waals surface area contributed by atoms with E-state index < -0.39 is 6.10 Å². The summed E-state index contributed by atoms with van der Waals surface area (Å²) in [5.41, 5.74) is 1.25. The van der Waals surface area contributed by atoms with Crippen molar-refractivity contribution in [2.45, 2.75) is 39.2 Å². The van der Waals surface area contributed by atoms with E-state index in [1.54, 1.807) is 0 Å². The van der Waals surface area contributed by atoms with Crippen LogP contribution in [-0.2, 0) is 16.0 Å². The van der Waals surface area contributed by atoms with Gasteiger partial charge >= 0.3 is 0 Å². The number of aryl methyl sites for hydroxylation is 1. The third-order valence-corrected chi connectivity index (χ3v) is 3.69. The van der Waals surface area contributed by atoms with Gasteiger partial charge in [0.1, 0.15) is 12.6 Å². The van der Waals surface area contributed by atoms with Crippen LogP contribution in [0.4, 0.5) is 0 Å². The van der Waals surface area contributed by atoms with E-state index in [2.05, 4.69) is 47.2 Å². The number of hydrogen-bond donors (Lipinski definition) is 1. The minimum Gasteiger partial charge on any atom is -0.368 e. The van der Waals surface area contributed by atoms with Gasteiger partial charge in [-0.05, 0) is 42.9 Å².